The van der Waals surface area contributed by atoms with Gasteiger partial charge in [-0.1, -0.05) is 12.1 Å². The number of aliphatic imine (C=N–C) groups is 1. The molecule has 144 valence electrons. The van der Waals surface area contributed by atoms with Gasteiger partial charge in [0.1, 0.15) is 0 Å². The highest BCUT2D eigenvalue weighted by atomic mass is 127. The van der Waals surface area contributed by atoms with Crippen molar-refractivity contribution in [3.63, 3.8) is 0 Å². The fourth-order valence-electron chi connectivity index (χ4n) is 2.81. The number of primary amides is 1. The van der Waals surface area contributed by atoms with Gasteiger partial charge in [0.05, 0.1) is 11.5 Å². The molecule has 1 aliphatic rings. The summed E-state index contributed by atoms with van der Waals surface area (Å²) in [4.78, 5) is 27.6. The number of halogens is 1. The van der Waals surface area contributed by atoms with E-state index in [1.54, 1.807) is 19.2 Å². The van der Waals surface area contributed by atoms with Gasteiger partial charge in [-0.3, -0.25) is 24.8 Å². The van der Waals surface area contributed by atoms with Crippen molar-refractivity contribution in [3.05, 3.63) is 39.9 Å². The Morgan fingerprint density at radius 2 is 2.12 bits per heavy atom. The van der Waals surface area contributed by atoms with E-state index in [1.807, 2.05) is 11.0 Å². The van der Waals surface area contributed by atoms with Gasteiger partial charge in [0.25, 0.3) is 5.69 Å². The minimum absolute atomic E-state index is 0. The highest BCUT2D eigenvalue weighted by molar-refractivity contribution is 14.0. The van der Waals surface area contributed by atoms with E-state index in [-0.39, 0.29) is 41.6 Å². The zero-order valence-electron chi connectivity index (χ0n) is 14.7. The predicted octanol–water partition coefficient (Wildman–Crippen LogP) is 0.827. The summed E-state index contributed by atoms with van der Waals surface area (Å²) in [6.45, 7) is 2.36. The number of non-ortho nitro benzene ring substituents is 1. The van der Waals surface area contributed by atoms with Crippen molar-refractivity contribution >= 4 is 41.5 Å². The number of nitro groups is 1. The van der Waals surface area contributed by atoms with E-state index in [0.29, 0.717) is 19.0 Å². The van der Waals surface area contributed by atoms with Crippen molar-refractivity contribution in [1.82, 2.24) is 15.5 Å². The van der Waals surface area contributed by atoms with Gasteiger partial charge in [-0.15, -0.1) is 24.0 Å². The van der Waals surface area contributed by atoms with Crippen LogP contribution in [0.4, 0.5) is 5.69 Å². The van der Waals surface area contributed by atoms with Crippen LogP contribution in [0.25, 0.3) is 0 Å². The minimum atomic E-state index is -0.406. The summed E-state index contributed by atoms with van der Waals surface area (Å²) < 4.78 is 0. The Kier molecular flexibility index (Phi) is 9.27. The third-order valence-corrected chi connectivity index (χ3v) is 4.11. The monoisotopic (exact) mass is 476 g/mol. The van der Waals surface area contributed by atoms with Crippen LogP contribution in [0.2, 0.25) is 0 Å². The van der Waals surface area contributed by atoms with Crippen molar-refractivity contribution in [1.29, 1.82) is 0 Å². The number of nitro benzene ring substituents is 1. The molecule has 0 unspecified atom stereocenters. The van der Waals surface area contributed by atoms with Crippen molar-refractivity contribution in [2.45, 2.75) is 25.4 Å². The van der Waals surface area contributed by atoms with Gasteiger partial charge >= 0.3 is 0 Å². The Balaban J connectivity index is 0.00000338. The zero-order chi connectivity index (χ0) is 18.2. The standard InChI is InChI=1S/C16H24N6O3.HI/c1-18-16(19-10-12-3-2-4-14(9-12)22(24)25)20-13-5-7-21(8-6-13)11-15(17)23;/h2-4,9,13H,5-8,10-11H2,1H3,(H2,17,23)(H2,18,19,20);1H. The van der Waals surface area contributed by atoms with E-state index >= 15 is 0 Å². The molecule has 10 heteroatoms. The molecule has 1 aromatic rings. The van der Waals surface area contributed by atoms with Crippen LogP contribution in [0.15, 0.2) is 29.3 Å². The Morgan fingerprint density at radius 3 is 2.69 bits per heavy atom. The second kappa shape index (κ2) is 10.9. The first-order valence-electron chi connectivity index (χ1n) is 8.19. The molecule has 1 amide bonds. The first-order chi connectivity index (χ1) is 12.0. The molecule has 0 aliphatic carbocycles. The molecule has 26 heavy (non-hydrogen) atoms. The number of hydrogen-bond donors (Lipinski definition) is 3. The largest absolute Gasteiger partial charge is 0.369 e. The molecule has 0 atom stereocenters. The summed E-state index contributed by atoms with van der Waals surface area (Å²) >= 11 is 0. The Labute approximate surface area is 169 Å². The van der Waals surface area contributed by atoms with Crippen LogP contribution < -0.4 is 16.4 Å². The Bertz CT molecular complexity index is 647. The van der Waals surface area contributed by atoms with Crippen LogP contribution in [-0.4, -0.2) is 54.4 Å². The number of guanidine groups is 1. The number of benzene rings is 1. The topological polar surface area (TPSA) is 126 Å². The second-order valence-corrected chi connectivity index (χ2v) is 6.01. The van der Waals surface area contributed by atoms with E-state index in [1.165, 1.54) is 6.07 Å². The summed E-state index contributed by atoms with van der Waals surface area (Å²) in [5.74, 6) is 0.348. The van der Waals surface area contributed by atoms with Crippen LogP contribution in [0.1, 0.15) is 18.4 Å². The number of piperidine rings is 1. The third-order valence-electron chi connectivity index (χ3n) is 4.11. The highest BCUT2D eigenvalue weighted by Crippen LogP contribution is 2.13. The third kappa shape index (κ3) is 7.12. The van der Waals surface area contributed by atoms with Gasteiger partial charge in [-0.05, 0) is 18.4 Å². The molecule has 1 aliphatic heterocycles. The van der Waals surface area contributed by atoms with Gasteiger partial charge in [0.2, 0.25) is 5.91 Å². The van der Waals surface area contributed by atoms with Crippen LogP contribution in [0, 0.1) is 10.1 Å². The molecule has 0 aromatic heterocycles. The number of nitrogens with two attached hydrogens (primary N) is 1. The smallest absolute Gasteiger partial charge is 0.269 e. The maximum Gasteiger partial charge on any atom is 0.269 e. The predicted molar refractivity (Wildman–Crippen MR) is 111 cm³/mol. The number of carbonyl (C=O) groups is 1. The number of carbonyl (C=O) groups excluding carboxylic acids is 1. The minimum Gasteiger partial charge on any atom is -0.369 e. The van der Waals surface area contributed by atoms with Crippen LogP contribution in [0.3, 0.4) is 0 Å². The van der Waals surface area contributed by atoms with Crippen LogP contribution in [0.5, 0.6) is 0 Å². The molecule has 4 N–H and O–H groups in total. The number of amides is 1. The molecule has 0 bridgehead atoms. The molecule has 0 spiro atoms. The Hall–Kier alpha value is -1.95. The molecule has 1 saturated heterocycles. The molecule has 0 saturated carbocycles. The SMILES string of the molecule is CN=C(NCc1cccc([N+](=O)[O-])c1)NC1CCN(CC(N)=O)CC1.I. The number of hydrogen-bond acceptors (Lipinski definition) is 5. The van der Waals surface area contributed by atoms with E-state index in [0.717, 1.165) is 31.5 Å². The summed E-state index contributed by atoms with van der Waals surface area (Å²) in [6, 6.07) is 6.77. The molecular formula is C16H25IN6O3. The van der Waals surface area contributed by atoms with Gasteiger partial charge in [-0.2, -0.15) is 0 Å². The lowest BCUT2D eigenvalue weighted by molar-refractivity contribution is -0.384. The number of rotatable bonds is 6. The van der Waals surface area contributed by atoms with Gasteiger partial charge in [0.15, 0.2) is 5.96 Å². The van der Waals surface area contributed by atoms with E-state index in [2.05, 4.69) is 15.6 Å². The van der Waals surface area contributed by atoms with E-state index < -0.39 is 4.92 Å². The first-order valence-corrected chi connectivity index (χ1v) is 8.19. The average Bonchev–Trinajstić information content (AvgIpc) is 2.59. The number of nitrogens with one attached hydrogen (secondary N) is 2. The lowest BCUT2D eigenvalue weighted by Gasteiger charge is -2.32. The lowest BCUT2D eigenvalue weighted by atomic mass is 10.1. The highest BCUT2D eigenvalue weighted by Gasteiger charge is 2.20. The summed E-state index contributed by atoms with van der Waals surface area (Å²) in [6.07, 6.45) is 1.79. The van der Waals surface area contributed by atoms with Crippen LogP contribution in [-0.2, 0) is 11.3 Å². The van der Waals surface area contributed by atoms with E-state index in [4.69, 9.17) is 5.73 Å². The fourth-order valence-corrected chi connectivity index (χ4v) is 2.81. The molecule has 2 rings (SSSR count). The molecule has 0 radical (unpaired) electrons. The van der Waals surface area contributed by atoms with Gasteiger partial charge in [-0.25, -0.2) is 0 Å². The van der Waals surface area contributed by atoms with Crippen molar-refractivity contribution in [2.75, 3.05) is 26.7 Å². The molecular weight excluding hydrogens is 451 g/mol. The van der Waals surface area contributed by atoms with Crippen molar-refractivity contribution < 1.29 is 9.72 Å². The zero-order valence-corrected chi connectivity index (χ0v) is 17.0. The average molecular weight is 476 g/mol. The fraction of sp³-hybridized carbons (Fsp3) is 0.500. The maximum atomic E-state index is 11.0. The summed E-state index contributed by atoms with van der Waals surface area (Å²) in [5.41, 5.74) is 6.10. The van der Waals surface area contributed by atoms with Crippen molar-refractivity contribution in [2.24, 2.45) is 10.7 Å². The normalized spacial score (nSPS) is 15.8. The number of nitrogens with zero attached hydrogens (tertiary/aromatic N) is 3. The van der Waals surface area contributed by atoms with E-state index in [9.17, 15) is 14.9 Å². The first kappa shape index (κ1) is 22.1. The summed E-state index contributed by atoms with van der Waals surface area (Å²) in [7, 11) is 1.69. The molecule has 1 heterocycles. The van der Waals surface area contributed by atoms with Crippen molar-refractivity contribution in [3.8, 4) is 0 Å². The molecule has 1 aromatic carbocycles. The quantitative estimate of drug-likeness (QED) is 0.184. The Morgan fingerprint density at radius 1 is 1.42 bits per heavy atom. The molecule has 1 fully saturated rings. The molecule has 9 nitrogen and oxygen atoms in total. The summed E-state index contributed by atoms with van der Waals surface area (Å²) in [5, 5.41) is 17.3. The maximum absolute atomic E-state index is 11.0. The van der Waals surface area contributed by atoms with Gasteiger partial charge < -0.3 is 16.4 Å². The lowest BCUT2D eigenvalue weighted by Crippen LogP contribution is -2.49. The second-order valence-electron chi connectivity index (χ2n) is 6.01. The van der Waals surface area contributed by atoms with Gasteiger partial charge in [0, 0.05) is 44.9 Å². The number of likely N-dealkylation sites (tertiary alicyclic amines) is 1. The van der Waals surface area contributed by atoms with Crippen LogP contribution >= 0.6 is 24.0 Å².